The fourth-order valence-electron chi connectivity index (χ4n) is 2.05. The van der Waals surface area contributed by atoms with Crippen LogP contribution in [-0.2, 0) is 9.47 Å². The van der Waals surface area contributed by atoms with E-state index >= 15 is 0 Å². The van der Waals surface area contributed by atoms with Crippen LogP contribution in [0.3, 0.4) is 0 Å². The summed E-state index contributed by atoms with van der Waals surface area (Å²) in [4.78, 5) is 1.28. The van der Waals surface area contributed by atoms with Crippen molar-refractivity contribution in [2.75, 3.05) is 33.4 Å². The third-order valence-electron chi connectivity index (χ3n) is 3.11. The average Bonchev–Trinajstić information content (AvgIpc) is 2.44. The molecule has 3 nitrogen and oxygen atoms in total. The van der Waals surface area contributed by atoms with Gasteiger partial charge in [0.25, 0.3) is 0 Å². The van der Waals surface area contributed by atoms with Crippen LogP contribution >= 0.6 is 27.9 Å². The maximum absolute atomic E-state index is 5.78. The molecule has 0 radical (unpaired) electrons. The second kappa shape index (κ2) is 8.27. The molecule has 0 saturated carbocycles. The molecule has 0 unspecified atom stereocenters. The van der Waals surface area contributed by atoms with Crippen molar-refractivity contribution in [2.45, 2.75) is 23.8 Å². The molecule has 1 saturated heterocycles. The number of methoxy groups -OCH3 is 1. The predicted octanol–water partition coefficient (Wildman–Crippen LogP) is 3.58. The summed E-state index contributed by atoms with van der Waals surface area (Å²) >= 11 is 5.42. The topological polar surface area (TPSA) is 21.7 Å². The van der Waals surface area contributed by atoms with Gasteiger partial charge in [0.05, 0.1) is 19.3 Å². The minimum absolute atomic E-state index is 0.395. The number of hydrogen-bond donors (Lipinski definition) is 0. The van der Waals surface area contributed by atoms with E-state index in [0.717, 1.165) is 25.9 Å². The van der Waals surface area contributed by atoms with Crippen LogP contribution in [0.5, 0.6) is 0 Å². The molecule has 1 fully saturated rings. The summed E-state index contributed by atoms with van der Waals surface area (Å²) in [6, 6.07) is 8.36. The highest BCUT2D eigenvalue weighted by Crippen LogP contribution is 2.32. The monoisotopic (exact) mass is 345 g/mol. The number of nitrogens with zero attached hydrogens (tertiary/aromatic N) is 1. The van der Waals surface area contributed by atoms with Gasteiger partial charge in [-0.05, 0) is 52.9 Å². The molecule has 0 bridgehead atoms. The molecule has 0 spiro atoms. The Morgan fingerprint density at radius 3 is 2.68 bits per heavy atom. The van der Waals surface area contributed by atoms with Crippen molar-refractivity contribution in [3.05, 3.63) is 28.7 Å². The van der Waals surface area contributed by atoms with E-state index in [4.69, 9.17) is 9.47 Å². The average molecular weight is 346 g/mol. The van der Waals surface area contributed by atoms with Crippen molar-refractivity contribution >= 4 is 27.9 Å². The summed E-state index contributed by atoms with van der Waals surface area (Å²) in [5.74, 6) is 0. The van der Waals surface area contributed by atoms with Crippen molar-refractivity contribution < 1.29 is 9.47 Å². The van der Waals surface area contributed by atoms with E-state index in [-0.39, 0.29) is 0 Å². The van der Waals surface area contributed by atoms with Crippen molar-refractivity contribution in [3.8, 4) is 0 Å². The van der Waals surface area contributed by atoms with Crippen LogP contribution in [0.25, 0.3) is 0 Å². The van der Waals surface area contributed by atoms with Gasteiger partial charge >= 0.3 is 0 Å². The Hall–Kier alpha value is -0.0700. The van der Waals surface area contributed by atoms with E-state index in [2.05, 4.69) is 38.4 Å². The first-order valence-corrected chi connectivity index (χ1v) is 8.14. The number of hydrogen-bond acceptors (Lipinski definition) is 4. The quantitative estimate of drug-likeness (QED) is 0.580. The fraction of sp³-hybridized carbons (Fsp3) is 0.571. The predicted molar refractivity (Wildman–Crippen MR) is 82.4 cm³/mol. The Bertz CT molecular complexity index is 383. The van der Waals surface area contributed by atoms with Crippen LogP contribution in [0.1, 0.15) is 12.8 Å². The molecule has 1 heterocycles. The van der Waals surface area contributed by atoms with Gasteiger partial charge in [0.1, 0.15) is 0 Å². The van der Waals surface area contributed by atoms with E-state index in [1.54, 1.807) is 7.11 Å². The largest absolute Gasteiger partial charge is 0.382 e. The second-order valence-electron chi connectivity index (χ2n) is 4.51. The number of ether oxygens (including phenoxy) is 2. The lowest BCUT2D eigenvalue weighted by molar-refractivity contribution is -0.00412. The number of benzene rings is 1. The van der Waals surface area contributed by atoms with Gasteiger partial charge in [-0.3, -0.25) is 0 Å². The maximum atomic E-state index is 5.78. The smallest absolute Gasteiger partial charge is 0.0704 e. The first kappa shape index (κ1) is 15.3. The molecule has 0 atom stereocenters. The number of piperidine rings is 1. The molecule has 0 N–H and O–H groups in total. The molecule has 0 amide bonds. The summed E-state index contributed by atoms with van der Waals surface area (Å²) in [5, 5.41) is 0. The fourth-order valence-corrected chi connectivity index (χ4v) is 3.51. The lowest BCUT2D eigenvalue weighted by Gasteiger charge is -2.31. The first-order chi connectivity index (χ1) is 9.29. The van der Waals surface area contributed by atoms with Crippen LogP contribution < -0.4 is 0 Å². The van der Waals surface area contributed by atoms with Crippen LogP contribution in [0.4, 0.5) is 0 Å². The molecule has 19 heavy (non-hydrogen) atoms. The van der Waals surface area contributed by atoms with Crippen molar-refractivity contribution in [3.63, 3.8) is 0 Å². The van der Waals surface area contributed by atoms with Crippen LogP contribution in [0.2, 0.25) is 0 Å². The third-order valence-corrected chi connectivity index (χ3v) is 5.24. The summed E-state index contributed by atoms with van der Waals surface area (Å²) in [5.41, 5.74) is 0. The summed E-state index contributed by atoms with van der Waals surface area (Å²) in [7, 11) is 1.71. The summed E-state index contributed by atoms with van der Waals surface area (Å²) in [6.45, 7) is 3.54. The number of rotatable bonds is 6. The van der Waals surface area contributed by atoms with E-state index in [1.165, 1.54) is 9.37 Å². The van der Waals surface area contributed by atoms with Crippen molar-refractivity contribution in [1.82, 2.24) is 4.31 Å². The van der Waals surface area contributed by atoms with Crippen LogP contribution in [-0.4, -0.2) is 43.8 Å². The Kier molecular flexibility index (Phi) is 6.67. The summed E-state index contributed by atoms with van der Waals surface area (Å²) < 4.78 is 14.4. The van der Waals surface area contributed by atoms with Crippen LogP contribution in [0.15, 0.2) is 33.6 Å². The van der Waals surface area contributed by atoms with Crippen molar-refractivity contribution in [1.29, 1.82) is 0 Å². The van der Waals surface area contributed by atoms with Gasteiger partial charge in [-0.2, -0.15) is 0 Å². The molecule has 5 heteroatoms. The lowest BCUT2D eigenvalue weighted by atomic mass is 10.1. The molecule has 106 valence electrons. The van der Waals surface area contributed by atoms with Gasteiger partial charge in [-0.15, -0.1) is 0 Å². The molecular weight excluding hydrogens is 326 g/mol. The standard InChI is InChI=1S/C14H20BrNO2S/c1-17-10-11-18-12-6-8-16(9-7-12)19-14-5-3-2-4-13(14)15/h2-5,12H,6-11H2,1H3. The van der Waals surface area contributed by atoms with Gasteiger partial charge in [0, 0.05) is 29.6 Å². The van der Waals surface area contributed by atoms with Gasteiger partial charge < -0.3 is 9.47 Å². The second-order valence-corrected chi connectivity index (χ2v) is 6.51. The molecule has 1 aliphatic heterocycles. The van der Waals surface area contributed by atoms with E-state index in [1.807, 2.05) is 18.0 Å². The Morgan fingerprint density at radius 2 is 2.00 bits per heavy atom. The maximum Gasteiger partial charge on any atom is 0.0704 e. The molecule has 1 aliphatic rings. The molecule has 2 rings (SSSR count). The molecule has 0 aliphatic carbocycles. The first-order valence-electron chi connectivity index (χ1n) is 6.57. The zero-order valence-corrected chi connectivity index (χ0v) is 13.6. The van der Waals surface area contributed by atoms with Crippen molar-refractivity contribution in [2.24, 2.45) is 0 Å². The minimum atomic E-state index is 0.395. The Labute approximate surface area is 127 Å². The number of halogens is 1. The minimum Gasteiger partial charge on any atom is -0.382 e. The van der Waals surface area contributed by atoms with Gasteiger partial charge in [0.15, 0.2) is 0 Å². The van der Waals surface area contributed by atoms with E-state index in [0.29, 0.717) is 19.3 Å². The van der Waals surface area contributed by atoms with Gasteiger partial charge in [-0.1, -0.05) is 12.1 Å². The van der Waals surface area contributed by atoms with Gasteiger partial charge in [0.2, 0.25) is 0 Å². The normalized spacial score (nSPS) is 17.8. The molecular formula is C14H20BrNO2S. The third kappa shape index (κ3) is 5.08. The van der Waals surface area contributed by atoms with Crippen LogP contribution in [0, 0.1) is 0 Å². The van der Waals surface area contributed by atoms with E-state index in [9.17, 15) is 0 Å². The Morgan fingerprint density at radius 1 is 1.26 bits per heavy atom. The summed E-state index contributed by atoms with van der Waals surface area (Å²) in [6.07, 6.45) is 2.59. The molecule has 1 aromatic rings. The van der Waals surface area contributed by atoms with Gasteiger partial charge in [-0.25, -0.2) is 4.31 Å². The Balaban J connectivity index is 1.73. The zero-order valence-electron chi connectivity index (χ0n) is 11.2. The highest BCUT2D eigenvalue weighted by molar-refractivity contribution is 9.10. The molecule has 1 aromatic carbocycles. The molecule has 0 aromatic heterocycles. The zero-order chi connectivity index (χ0) is 13.5. The SMILES string of the molecule is COCCOC1CCN(Sc2ccccc2Br)CC1. The highest BCUT2D eigenvalue weighted by atomic mass is 79.9. The lowest BCUT2D eigenvalue weighted by Crippen LogP contribution is -2.33. The van der Waals surface area contributed by atoms with E-state index < -0.39 is 0 Å². The highest BCUT2D eigenvalue weighted by Gasteiger charge is 2.20.